The molecule has 6 rings (SSSR count). The minimum Gasteiger partial charge on any atom is -1.00 e. The first-order valence-electron chi connectivity index (χ1n) is 11.4. The minimum absolute atomic E-state index is 0. The highest BCUT2D eigenvalue weighted by Crippen LogP contribution is 2.44. The van der Waals surface area contributed by atoms with Crippen LogP contribution in [0.3, 0.4) is 0 Å². The number of nitrogens with one attached hydrogen (secondary N) is 1. The molecule has 2 atom stereocenters. The van der Waals surface area contributed by atoms with Crippen molar-refractivity contribution in [2.75, 3.05) is 25.0 Å². The second-order valence-electron chi connectivity index (χ2n) is 9.32. The fourth-order valence-corrected chi connectivity index (χ4v) is 6.57. The summed E-state index contributed by atoms with van der Waals surface area (Å²) < 4.78 is 6.26. The first-order valence-corrected chi connectivity index (χ1v) is 12.3. The summed E-state index contributed by atoms with van der Waals surface area (Å²) in [6.45, 7) is 1.85. The summed E-state index contributed by atoms with van der Waals surface area (Å²) in [6, 6.07) is 6.97. The molecule has 1 unspecified atom stereocenters. The Labute approximate surface area is 207 Å². The van der Waals surface area contributed by atoms with E-state index in [1.165, 1.54) is 11.3 Å². The summed E-state index contributed by atoms with van der Waals surface area (Å²) >= 11 is 1.40. The maximum absolute atomic E-state index is 13.5. The van der Waals surface area contributed by atoms with E-state index in [4.69, 9.17) is 4.74 Å². The number of hydrogen-bond acceptors (Lipinski definition) is 7. The van der Waals surface area contributed by atoms with E-state index in [-0.39, 0.29) is 45.4 Å². The zero-order valence-corrected chi connectivity index (χ0v) is 20.8. The molecule has 0 spiro atoms. The van der Waals surface area contributed by atoms with Gasteiger partial charge >= 0.3 is 12.0 Å². The van der Waals surface area contributed by atoms with E-state index >= 15 is 0 Å². The summed E-state index contributed by atoms with van der Waals surface area (Å²) in [7, 11) is 0. The topological polar surface area (TPSA) is 101 Å². The number of fused-ring (bicyclic) bond motifs is 3. The van der Waals surface area contributed by atoms with Crippen molar-refractivity contribution in [3.8, 4) is 0 Å². The molecule has 2 N–H and O–H groups in total. The molecule has 2 bridgehead atoms. The van der Waals surface area contributed by atoms with Gasteiger partial charge in [-0.1, -0.05) is 18.9 Å². The number of urea groups is 1. The Morgan fingerprint density at radius 2 is 1.91 bits per heavy atom. The van der Waals surface area contributed by atoms with Gasteiger partial charge in [0.1, 0.15) is 6.54 Å². The number of ether oxygens (including phenoxy) is 1. The second-order valence-corrected chi connectivity index (χ2v) is 10.3. The Morgan fingerprint density at radius 3 is 2.55 bits per heavy atom. The van der Waals surface area contributed by atoms with Crippen molar-refractivity contribution in [2.24, 2.45) is 11.8 Å². The van der Waals surface area contributed by atoms with Gasteiger partial charge < -0.3 is 26.8 Å². The van der Waals surface area contributed by atoms with Crippen molar-refractivity contribution >= 4 is 29.2 Å². The molecule has 0 radical (unpaired) electrons. The molecule has 1 aliphatic carbocycles. The van der Waals surface area contributed by atoms with E-state index in [1.807, 2.05) is 17.5 Å². The summed E-state index contributed by atoms with van der Waals surface area (Å²) in [5.41, 5.74) is -1.61. The van der Waals surface area contributed by atoms with Crippen LogP contribution in [-0.4, -0.2) is 57.5 Å². The quantitative estimate of drug-likeness (QED) is 0.421. The van der Waals surface area contributed by atoms with Crippen LogP contribution in [0.1, 0.15) is 43.4 Å². The molecule has 178 valence electrons. The Kier molecular flexibility index (Phi) is 7.18. The third-order valence-electron chi connectivity index (χ3n) is 7.56. The van der Waals surface area contributed by atoms with Gasteiger partial charge in [0.15, 0.2) is 17.5 Å². The fraction of sp³-hybridized carbons (Fsp3) is 0.565. The minimum atomic E-state index is -1.61. The number of thiophene rings is 1. The maximum Gasteiger partial charge on any atom is 0.422 e. The number of aromatic nitrogens is 2. The molecule has 2 aromatic rings. The number of esters is 1. The van der Waals surface area contributed by atoms with Crippen molar-refractivity contribution in [3.05, 3.63) is 40.7 Å². The molecule has 4 fully saturated rings. The van der Waals surface area contributed by atoms with Crippen LogP contribution in [0, 0.1) is 11.8 Å². The van der Waals surface area contributed by atoms with Crippen LogP contribution in [0.2, 0.25) is 0 Å². The number of quaternary nitrogens is 1. The number of carbonyl (C=O) groups excluding carboxylic acids is 2. The standard InChI is InChI=1S/C23H28N4O4S.BrH/c28-21(23(30,17-5-1-2-6-17)19-7-4-14-32-19)31-18-15-27(12-9-16(18)10-13-27)22(29)25-20-8-3-11-24-26-20;/h3-4,7-8,11,14,16-18,30H,1-2,5-6,9-10,12-13,15H2;1H/t16?,18-,23?,27?;/m0./s1. The molecule has 10 heteroatoms. The molecule has 8 nitrogen and oxygen atoms in total. The average Bonchev–Trinajstić information content (AvgIpc) is 3.55. The Balaban J connectivity index is 0.00000259. The predicted molar refractivity (Wildman–Crippen MR) is 119 cm³/mol. The van der Waals surface area contributed by atoms with Gasteiger partial charge in [0.25, 0.3) is 0 Å². The van der Waals surface area contributed by atoms with Gasteiger partial charge in [-0.25, -0.2) is 14.1 Å². The predicted octanol–water partition coefficient (Wildman–Crippen LogP) is 0.304. The third kappa shape index (κ3) is 4.45. The molecule has 33 heavy (non-hydrogen) atoms. The molecule has 3 saturated heterocycles. The monoisotopic (exact) mass is 536 g/mol. The Bertz CT molecular complexity index is 962. The van der Waals surface area contributed by atoms with Gasteiger partial charge in [-0.05, 0) is 36.4 Å². The highest BCUT2D eigenvalue weighted by atomic mass is 79.9. The van der Waals surface area contributed by atoms with Crippen LogP contribution in [0.5, 0.6) is 0 Å². The molecular formula is C23H29BrN4O4S. The summed E-state index contributed by atoms with van der Waals surface area (Å²) in [5, 5.41) is 24.2. The molecule has 4 aliphatic rings. The zero-order chi connectivity index (χ0) is 22.2. The number of rotatable bonds is 5. The van der Waals surface area contributed by atoms with Crippen LogP contribution in [0.15, 0.2) is 35.8 Å². The van der Waals surface area contributed by atoms with E-state index in [2.05, 4.69) is 15.5 Å². The van der Waals surface area contributed by atoms with Crippen LogP contribution in [0.4, 0.5) is 10.6 Å². The molecule has 5 heterocycles. The van der Waals surface area contributed by atoms with Crippen molar-refractivity contribution in [1.29, 1.82) is 0 Å². The molecule has 2 aromatic heterocycles. The van der Waals surface area contributed by atoms with Crippen LogP contribution < -0.4 is 22.3 Å². The number of anilines is 1. The smallest absolute Gasteiger partial charge is 0.422 e. The number of halogens is 1. The SMILES string of the molecule is O=C(O[C@H]1C[N+]2(C(=O)Nc3cccnn3)CCC1CC2)C(O)(c1cccs1)C1CCCC1.[Br-]. The lowest BCUT2D eigenvalue weighted by molar-refractivity contribution is -0.869. The van der Waals surface area contributed by atoms with Gasteiger partial charge in [-0.3, -0.25) is 5.32 Å². The summed E-state index contributed by atoms with van der Waals surface area (Å²) in [5.74, 6) is -0.0464. The van der Waals surface area contributed by atoms with Gasteiger partial charge in [-0.2, -0.15) is 5.10 Å². The molecular weight excluding hydrogens is 508 g/mol. The van der Waals surface area contributed by atoms with E-state index < -0.39 is 11.6 Å². The zero-order valence-electron chi connectivity index (χ0n) is 18.4. The average molecular weight is 537 g/mol. The van der Waals surface area contributed by atoms with Crippen molar-refractivity contribution in [3.63, 3.8) is 0 Å². The number of aliphatic hydroxyl groups is 1. The summed E-state index contributed by atoms with van der Waals surface area (Å²) in [6.07, 6.45) is 6.46. The fourth-order valence-electron chi connectivity index (χ4n) is 5.68. The van der Waals surface area contributed by atoms with Crippen LogP contribution >= 0.6 is 11.3 Å². The van der Waals surface area contributed by atoms with E-state index in [0.29, 0.717) is 30.3 Å². The first kappa shape index (κ1) is 24.3. The largest absolute Gasteiger partial charge is 1.00 e. The highest BCUT2D eigenvalue weighted by Gasteiger charge is 2.55. The number of hydrogen-bond donors (Lipinski definition) is 2. The van der Waals surface area contributed by atoms with Gasteiger partial charge in [-0.15, -0.1) is 16.4 Å². The molecule has 1 saturated carbocycles. The van der Waals surface area contributed by atoms with Crippen LogP contribution in [-0.2, 0) is 15.1 Å². The van der Waals surface area contributed by atoms with E-state index in [9.17, 15) is 14.7 Å². The summed E-state index contributed by atoms with van der Waals surface area (Å²) in [4.78, 5) is 27.3. The first-order chi connectivity index (χ1) is 15.5. The van der Waals surface area contributed by atoms with Gasteiger partial charge in [0.2, 0.25) is 0 Å². The second kappa shape index (κ2) is 9.77. The molecule has 0 aromatic carbocycles. The lowest BCUT2D eigenvalue weighted by Crippen LogP contribution is -3.00. The van der Waals surface area contributed by atoms with E-state index in [0.717, 1.165) is 38.5 Å². The number of nitrogens with zero attached hydrogens (tertiary/aromatic N) is 3. The van der Waals surface area contributed by atoms with Crippen molar-refractivity contribution in [2.45, 2.75) is 50.2 Å². The Morgan fingerprint density at radius 1 is 1.15 bits per heavy atom. The van der Waals surface area contributed by atoms with Crippen LogP contribution in [0.25, 0.3) is 0 Å². The molecule has 3 aliphatic heterocycles. The number of amides is 2. The van der Waals surface area contributed by atoms with Crippen molar-refractivity contribution in [1.82, 2.24) is 10.2 Å². The van der Waals surface area contributed by atoms with Gasteiger partial charge in [0, 0.05) is 35.8 Å². The normalized spacial score (nSPS) is 28.5. The number of piperidine rings is 3. The lowest BCUT2D eigenvalue weighted by Gasteiger charge is -2.49. The highest BCUT2D eigenvalue weighted by molar-refractivity contribution is 7.10. The number of carbonyl (C=O) groups is 2. The maximum atomic E-state index is 13.5. The van der Waals surface area contributed by atoms with Crippen molar-refractivity contribution < 1.29 is 40.9 Å². The third-order valence-corrected chi connectivity index (χ3v) is 8.56. The van der Waals surface area contributed by atoms with Gasteiger partial charge in [0.05, 0.1) is 13.1 Å². The van der Waals surface area contributed by atoms with E-state index in [1.54, 1.807) is 18.3 Å². The Hall–Kier alpha value is -1.88. The lowest BCUT2D eigenvalue weighted by atomic mass is 9.82. The molecule has 2 amide bonds.